The molecule has 4 rings (SSSR count). The molecule has 10 nitrogen and oxygen atoms in total. The molecule has 37 heavy (non-hydrogen) atoms. The SMILES string of the molecule is O=C(O)[C@H](Cc1cc(I)c(Oc2ccc(O)cc2)c(I)c1)Nn1cnc(CCN2C(=O)CCCC2=O)c1. The number of carboxylic acid groups (broad SMARTS) is 1. The predicted octanol–water partition coefficient (Wildman–Crippen LogP) is 3.91. The van der Waals surface area contributed by atoms with Crippen molar-refractivity contribution in [3.05, 3.63) is 67.3 Å². The van der Waals surface area contributed by atoms with E-state index in [1.807, 2.05) is 12.1 Å². The first-order chi connectivity index (χ1) is 17.7. The molecule has 2 heterocycles. The topological polar surface area (TPSA) is 134 Å². The zero-order chi connectivity index (χ0) is 26.5. The van der Waals surface area contributed by atoms with E-state index in [1.54, 1.807) is 30.5 Å². The van der Waals surface area contributed by atoms with Crippen molar-refractivity contribution < 1.29 is 29.3 Å². The highest BCUT2D eigenvalue weighted by molar-refractivity contribution is 14.1. The van der Waals surface area contributed by atoms with E-state index in [0.717, 1.165) is 12.7 Å². The second-order valence-electron chi connectivity index (χ2n) is 8.52. The van der Waals surface area contributed by atoms with Crippen molar-refractivity contribution in [1.82, 2.24) is 14.6 Å². The van der Waals surface area contributed by atoms with E-state index < -0.39 is 12.0 Å². The zero-order valence-corrected chi connectivity index (χ0v) is 23.9. The quantitative estimate of drug-likeness (QED) is 0.212. The zero-order valence-electron chi connectivity index (χ0n) is 19.6. The number of aromatic nitrogens is 2. The Hall–Kier alpha value is -2.88. The number of carboxylic acids is 1. The number of benzene rings is 2. The largest absolute Gasteiger partial charge is 0.508 e. The van der Waals surface area contributed by atoms with Gasteiger partial charge in [-0.1, -0.05) is 0 Å². The molecule has 1 saturated heterocycles. The number of phenolic OH excluding ortho intramolecular Hbond substituents is 1. The summed E-state index contributed by atoms with van der Waals surface area (Å²) >= 11 is 4.30. The lowest BCUT2D eigenvalue weighted by Gasteiger charge is -2.24. The molecule has 0 unspecified atom stereocenters. The van der Waals surface area contributed by atoms with Crippen LogP contribution in [0.15, 0.2) is 48.9 Å². The third-order valence-electron chi connectivity index (χ3n) is 5.77. The lowest BCUT2D eigenvalue weighted by molar-refractivity contribution is -0.148. The summed E-state index contributed by atoms with van der Waals surface area (Å²) in [5, 5.41) is 19.3. The van der Waals surface area contributed by atoms with Crippen molar-refractivity contribution in [2.45, 2.75) is 38.1 Å². The van der Waals surface area contributed by atoms with Gasteiger partial charge in [0, 0.05) is 38.4 Å². The van der Waals surface area contributed by atoms with Crippen LogP contribution >= 0.6 is 45.2 Å². The number of rotatable bonds is 10. The number of piperidine rings is 1. The summed E-state index contributed by atoms with van der Waals surface area (Å²) in [5.74, 6) is 0.0366. The smallest absolute Gasteiger partial charge is 0.328 e. The molecule has 0 aliphatic carbocycles. The lowest BCUT2D eigenvalue weighted by Crippen LogP contribution is -2.41. The number of nitrogens with one attached hydrogen (secondary N) is 1. The number of aromatic hydroxyl groups is 1. The molecule has 194 valence electrons. The fourth-order valence-corrected chi connectivity index (χ4v) is 6.02. The van der Waals surface area contributed by atoms with Crippen LogP contribution in [-0.4, -0.2) is 55.1 Å². The number of amides is 2. The van der Waals surface area contributed by atoms with Crippen LogP contribution in [0.3, 0.4) is 0 Å². The number of imide groups is 1. The van der Waals surface area contributed by atoms with Gasteiger partial charge in [-0.25, -0.2) is 9.78 Å². The minimum absolute atomic E-state index is 0.150. The van der Waals surface area contributed by atoms with Gasteiger partial charge in [0.05, 0.1) is 12.8 Å². The molecule has 2 aromatic carbocycles. The van der Waals surface area contributed by atoms with Gasteiger partial charge >= 0.3 is 5.97 Å². The van der Waals surface area contributed by atoms with Crippen molar-refractivity contribution in [3.8, 4) is 17.2 Å². The van der Waals surface area contributed by atoms with Crippen molar-refractivity contribution >= 4 is 63.0 Å². The van der Waals surface area contributed by atoms with E-state index in [0.29, 0.717) is 42.9 Å². The monoisotopic (exact) mass is 730 g/mol. The number of nitrogens with zero attached hydrogens (tertiary/aromatic N) is 3. The van der Waals surface area contributed by atoms with Gasteiger partial charge in [0.25, 0.3) is 0 Å². The third kappa shape index (κ3) is 7.12. The first-order valence-electron chi connectivity index (χ1n) is 11.5. The van der Waals surface area contributed by atoms with Gasteiger partial charge in [-0.2, -0.15) is 0 Å². The third-order valence-corrected chi connectivity index (χ3v) is 7.37. The summed E-state index contributed by atoms with van der Waals surface area (Å²) in [4.78, 5) is 41.5. The number of phenols is 1. The Kier molecular flexibility index (Phi) is 8.89. The van der Waals surface area contributed by atoms with Gasteiger partial charge in [-0.3, -0.25) is 19.2 Å². The van der Waals surface area contributed by atoms with E-state index in [1.165, 1.54) is 15.9 Å². The number of hydrogen-bond donors (Lipinski definition) is 3. The fourth-order valence-electron chi connectivity index (χ4n) is 3.90. The molecular weight excluding hydrogens is 706 g/mol. The van der Waals surface area contributed by atoms with E-state index >= 15 is 0 Å². The number of aliphatic carboxylic acids is 1. The van der Waals surface area contributed by atoms with Gasteiger partial charge < -0.3 is 20.4 Å². The Morgan fingerprint density at radius 1 is 1.11 bits per heavy atom. The first-order valence-corrected chi connectivity index (χ1v) is 13.7. The molecule has 1 aromatic heterocycles. The maximum absolute atomic E-state index is 12.0. The molecule has 12 heteroatoms. The maximum Gasteiger partial charge on any atom is 0.328 e. The van der Waals surface area contributed by atoms with Crippen LogP contribution in [0.4, 0.5) is 0 Å². The average Bonchev–Trinajstić information content (AvgIpc) is 3.29. The van der Waals surface area contributed by atoms with Gasteiger partial charge in [-0.15, -0.1) is 0 Å². The van der Waals surface area contributed by atoms with Gasteiger partial charge in [0.15, 0.2) is 5.75 Å². The van der Waals surface area contributed by atoms with Crippen LogP contribution in [0.2, 0.25) is 0 Å². The molecule has 1 fully saturated rings. The molecule has 3 N–H and O–H groups in total. The van der Waals surface area contributed by atoms with Crippen LogP contribution in [0.25, 0.3) is 0 Å². The highest BCUT2D eigenvalue weighted by Crippen LogP contribution is 2.33. The van der Waals surface area contributed by atoms with Gasteiger partial charge in [0.2, 0.25) is 11.8 Å². The number of ether oxygens (including phenoxy) is 1. The van der Waals surface area contributed by atoms with Crippen molar-refractivity contribution in [2.75, 3.05) is 12.0 Å². The predicted molar refractivity (Wildman–Crippen MR) is 151 cm³/mol. The van der Waals surface area contributed by atoms with Crippen molar-refractivity contribution in [2.24, 2.45) is 0 Å². The van der Waals surface area contributed by atoms with Crippen molar-refractivity contribution in [3.63, 3.8) is 0 Å². The van der Waals surface area contributed by atoms with E-state index in [-0.39, 0.29) is 30.5 Å². The van der Waals surface area contributed by atoms with Gasteiger partial charge in [-0.05, 0) is 93.6 Å². The van der Waals surface area contributed by atoms with Crippen LogP contribution in [0.5, 0.6) is 17.2 Å². The summed E-state index contributed by atoms with van der Waals surface area (Å²) in [6.07, 6.45) is 5.10. The summed E-state index contributed by atoms with van der Waals surface area (Å²) in [5.41, 5.74) is 4.40. The number of carbonyl (C=O) groups excluding carboxylic acids is 2. The maximum atomic E-state index is 12.0. The molecule has 0 spiro atoms. The second kappa shape index (κ2) is 12.1. The summed E-state index contributed by atoms with van der Waals surface area (Å²) < 4.78 is 9.10. The van der Waals surface area contributed by atoms with Crippen LogP contribution in [0.1, 0.15) is 30.5 Å². The van der Waals surface area contributed by atoms with E-state index in [9.17, 15) is 24.6 Å². The molecule has 0 bridgehead atoms. The molecule has 0 saturated carbocycles. The molecular formula is C25H24I2N4O6. The summed E-state index contributed by atoms with van der Waals surface area (Å²) in [6, 6.07) is 9.25. The number of imidazole rings is 1. The average molecular weight is 730 g/mol. The molecule has 1 aliphatic heterocycles. The van der Waals surface area contributed by atoms with Crippen LogP contribution < -0.4 is 10.2 Å². The summed E-state index contributed by atoms with van der Waals surface area (Å²) in [7, 11) is 0. The number of halogens is 2. The highest BCUT2D eigenvalue weighted by Gasteiger charge is 2.26. The van der Waals surface area contributed by atoms with Crippen molar-refractivity contribution in [1.29, 1.82) is 0 Å². The van der Waals surface area contributed by atoms with E-state index in [4.69, 9.17) is 4.74 Å². The molecule has 3 aromatic rings. The molecule has 1 aliphatic rings. The van der Waals surface area contributed by atoms with Gasteiger partial charge in [0.1, 0.15) is 23.9 Å². The standard InChI is InChI=1S/C25H24I2N4O6/c26-19-10-15(11-20(27)24(19)37-18-6-4-17(32)5-7-18)12-21(25(35)36)29-30-13-16(28-14-30)8-9-31-22(33)2-1-3-23(31)34/h4-7,10-11,13-14,21,29,32H,1-3,8-9,12H2,(H,35,36)/t21-/m0/s1. The Morgan fingerprint density at radius 2 is 1.76 bits per heavy atom. The first kappa shape index (κ1) is 27.2. The lowest BCUT2D eigenvalue weighted by atomic mass is 10.1. The minimum Gasteiger partial charge on any atom is -0.508 e. The molecule has 2 amide bonds. The Labute approximate surface area is 240 Å². The normalized spacial score (nSPS) is 14.5. The Morgan fingerprint density at radius 3 is 2.38 bits per heavy atom. The number of likely N-dealkylation sites (tertiary alicyclic amines) is 1. The van der Waals surface area contributed by atoms with Crippen LogP contribution in [-0.2, 0) is 27.2 Å². The molecule has 1 atom stereocenters. The second-order valence-corrected chi connectivity index (χ2v) is 10.8. The number of carbonyl (C=O) groups is 3. The molecule has 0 radical (unpaired) electrons. The highest BCUT2D eigenvalue weighted by atomic mass is 127. The fraction of sp³-hybridized carbons (Fsp3) is 0.280. The van der Waals surface area contributed by atoms with E-state index in [2.05, 4.69) is 55.6 Å². The minimum atomic E-state index is -1.02. The Bertz CT molecular complexity index is 1270. The van der Waals surface area contributed by atoms with Crippen LogP contribution in [0, 0.1) is 7.14 Å². The Balaban J connectivity index is 1.40. The summed E-state index contributed by atoms with van der Waals surface area (Å²) in [6.45, 7) is 0.256. The number of hydrogen-bond acceptors (Lipinski definition) is 7.